The molecular weight excluding hydrogens is 512 g/mol. The van der Waals surface area contributed by atoms with Crippen LogP contribution in [0.2, 0.25) is 5.02 Å². The second-order valence-electron chi connectivity index (χ2n) is 8.06. The Bertz CT molecular complexity index is 1430. The molecule has 0 spiro atoms. The number of halogens is 1. The summed E-state index contributed by atoms with van der Waals surface area (Å²) in [4.78, 5) is 27.3. The zero-order valence-electron chi connectivity index (χ0n) is 19.4. The molecule has 0 radical (unpaired) electrons. The van der Waals surface area contributed by atoms with E-state index >= 15 is 0 Å². The van der Waals surface area contributed by atoms with Crippen molar-refractivity contribution in [3.63, 3.8) is 0 Å². The van der Waals surface area contributed by atoms with Crippen molar-refractivity contribution in [3.8, 4) is 11.3 Å². The van der Waals surface area contributed by atoms with Gasteiger partial charge in [0.1, 0.15) is 22.5 Å². The predicted molar refractivity (Wildman–Crippen MR) is 145 cm³/mol. The Labute approximate surface area is 222 Å². The summed E-state index contributed by atoms with van der Waals surface area (Å²) >= 11 is 7.09. The summed E-state index contributed by atoms with van der Waals surface area (Å²) in [5.74, 6) is 1.29. The highest BCUT2D eigenvalue weighted by Crippen LogP contribution is 2.31. The Balaban J connectivity index is 1.29. The third-order valence-corrected chi connectivity index (χ3v) is 6.84. The molecule has 37 heavy (non-hydrogen) atoms. The number of amidine groups is 1. The van der Waals surface area contributed by atoms with E-state index in [1.165, 1.54) is 29.1 Å². The minimum absolute atomic E-state index is 0.0257. The molecule has 1 fully saturated rings. The zero-order chi connectivity index (χ0) is 25.6. The second kappa shape index (κ2) is 11.3. The normalized spacial score (nSPS) is 16.7. The maximum Gasteiger partial charge on any atom is 0.243 e. The molecule has 1 atom stereocenters. The van der Waals surface area contributed by atoms with Gasteiger partial charge in [-0.25, -0.2) is 0 Å². The van der Waals surface area contributed by atoms with Crippen LogP contribution < -0.4 is 5.32 Å². The monoisotopic (exact) mass is 532 g/mol. The van der Waals surface area contributed by atoms with Crippen molar-refractivity contribution in [1.29, 1.82) is 0 Å². The van der Waals surface area contributed by atoms with E-state index in [1.807, 2.05) is 36.4 Å². The maximum atomic E-state index is 13.2. The molecule has 1 aliphatic rings. The minimum atomic E-state index is -0.649. The van der Waals surface area contributed by atoms with E-state index in [0.717, 1.165) is 5.56 Å². The van der Waals surface area contributed by atoms with Gasteiger partial charge < -0.3 is 14.2 Å². The molecule has 0 bridgehead atoms. The van der Waals surface area contributed by atoms with E-state index in [2.05, 4.69) is 15.5 Å². The van der Waals surface area contributed by atoms with E-state index in [4.69, 9.17) is 20.4 Å². The van der Waals surface area contributed by atoms with Crippen LogP contribution in [0.3, 0.4) is 0 Å². The van der Waals surface area contributed by atoms with E-state index in [1.54, 1.807) is 42.5 Å². The second-order valence-corrected chi connectivity index (χ2v) is 9.67. The number of thioether (sulfide) groups is 1. The first-order chi connectivity index (χ1) is 18.0. The van der Waals surface area contributed by atoms with Gasteiger partial charge in [-0.15, -0.1) is 5.10 Å². The number of hydrogen-bond donors (Lipinski definition) is 1. The van der Waals surface area contributed by atoms with Gasteiger partial charge in [0.2, 0.25) is 11.8 Å². The topological polar surface area (TPSA) is 100 Å². The number of carbonyl (C=O) groups is 2. The molecule has 1 unspecified atom stereocenters. The van der Waals surface area contributed by atoms with Crippen LogP contribution in [0.25, 0.3) is 11.3 Å². The van der Waals surface area contributed by atoms with Crippen LogP contribution in [0.5, 0.6) is 0 Å². The van der Waals surface area contributed by atoms with Crippen molar-refractivity contribution in [2.45, 2.75) is 18.2 Å². The summed E-state index contributed by atoms with van der Waals surface area (Å²) in [5, 5.41) is 11.5. The van der Waals surface area contributed by atoms with Gasteiger partial charge in [0.05, 0.1) is 19.0 Å². The Morgan fingerprint density at radius 2 is 1.86 bits per heavy atom. The summed E-state index contributed by atoms with van der Waals surface area (Å²) < 4.78 is 11.2. The molecule has 4 aromatic rings. The molecule has 3 heterocycles. The smallest absolute Gasteiger partial charge is 0.243 e. The lowest BCUT2D eigenvalue weighted by Crippen LogP contribution is -2.33. The SMILES string of the molecule is O=C(CC1S/C(=N\N=C\c2ccc(-c3ccccc3)o2)N(Cc2ccco2)C1=O)Nc1ccc(Cl)cc1. The van der Waals surface area contributed by atoms with Gasteiger partial charge in [-0.1, -0.05) is 53.7 Å². The predicted octanol–water partition coefficient (Wildman–Crippen LogP) is 6.06. The van der Waals surface area contributed by atoms with Gasteiger partial charge >= 0.3 is 0 Å². The summed E-state index contributed by atoms with van der Waals surface area (Å²) in [5.41, 5.74) is 1.55. The fourth-order valence-electron chi connectivity index (χ4n) is 3.65. The van der Waals surface area contributed by atoms with Crippen molar-refractivity contribution < 1.29 is 18.4 Å². The van der Waals surface area contributed by atoms with E-state index in [-0.39, 0.29) is 24.8 Å². The Morgan fingerprint density at radius 1 is 1.05 bits per heavy atom. The lowest BCUT2D eigenvalue weighted by atomic mass is 10.2. The van der Waals surface area contributed by atoms with Crippen molar-refractivity contribution in [2.75, 3.05) is 5.32 Å². The zero-order valence-corrected chi connectivity index (χ0v) is 21.0. The quantitative estimate of drug-likeness (QED) is 0.220. The molecule has 0 saturated carbocycles. The average molecular weight is 533 g/mol. The third kappa shape index (κ3) is 6.19. The number of anilines is 1. The molecule has 1 aliphatic heterocycles. The molecule has 2 amide bonds. The lowest BCUT2D eigenvalue weighted by Gasteiger charge is -2.14. The Hall–Kier alpha value is -4.08. The van der Waals surface area contributed by atoms with Crippen molar-refractivity contribution >= 4 is 52.2 Å². The standard InChI is InChI=1S/C27H21ClN4O4S/c28-19-8-10-20(11-9-19)30-25(33)15-24-26(34)32(17-22-7-4-14-35-22)27(37-24)31-29-16-21-12-13-23(36-21)18-5-2-1-3-6-18/h1-14,16,24H,15,17H2,(H,30,33)/b29-16+,31-27-. The van der Waals surface area contributed by atoms with E-state index in [9.17, 15) is 9.59 Å². The van der Waals surface area contributed by atoms with Gasteiger partial charge in [0.15, 0.2) is 5.17 Å². The summed E-state index contributed by atoms with van der Waals surface area (Å²) in [6.45, 7) is 0.182. The molecule has 8 nitrogen and oxygen atoms in total. The highest BCUT2D eigenvalue weighted by molar-refractivity contribution is 8.15. The summed E-state index contributed by atoms with van der Waals surface area (Å²) in [6, 6.07) is 23.7. The van der Waals surface area contributed by atoms with E-state index in [0.29, 0.717) is 33.2 Å². The van der Waals surface area contributed by atoms with Crippen LogP contribution in [0.4, 0.5) is 5.69 Å². The minimum Gasteiger partial charge on any atom is -0.467 e. The van der Waals surface area contributed by atoms with Crippen LogP contribution in [0.1, 0.15) is 17.9 Å². The first kappa shape index (κ1) is 24.6. The van der Waals surface area contributed by atoms with Crippen molar-refractivity contribution in [1.82, 2.24) is 4.90 Å². The fraction of sp³-hybridized carbons (Fsp3) is 0.111. The molecule has 1 N–H and O–H groups in total. The number of amides is 2. The van der Waals surface area contributed by atoms with Crippen molar-refractivity contribution in [3.05, 3.63) is 102 Å². The third-order valence-electron chi connectivity index (χ3n) is 5.43. The molecule has 10 heteroatoms. The fourth-order valence-corrected chi connectivity index (χ4v) is 4.87. The van der Waals surface area contributed by atoms with Crippen LogP contribution in [-0.2, 0) is 16.1 Å². The highest BCUT2D eigenvalue weighted by atomic mass is 35.5. The number of rotatable bonds is 8. The van der Waals surface area contributed by atoms with Gasteiger partial charge in [0.25, 0.3) is 0 Å². The maximum absolute atomic E-state index is 13.2. The van der Waals surface area contributed by atoms with E-state index < -0.39 is 5.25 Å². The summed E-state index contributed by atoms with van der Waals surface area (Å²) in [7, 11) is 0. The molecule has 0 aliphatic carbocycles. The molecule has 5 rings (SSSR count). The summed E-state index contributed by atoms with van der Waals surface area (Å²) in [6.07, 6.45) is 2.99. The molecule has 1 saturated heterocycles. The highest BCUT2D eigenvalue weighted by Gasteiger charge is 2.39. The number of hydrogen-bond acceptors (Lipinski definition) is 7. The lowest BCUT2D eigenvalue weighted by molar-refractivity contribution is -0.128. The number of carbonyl (C=O) groups excluding carboxylic acids is 2. The van der Waals surface area contributed by atoms with Crippen LogP contribution in [0, 0.1) is 0 Å². The van der Waals surface area contributed by atoms with Gasteiger partial charge in [0, 0.05) is 22.7 Å². The van der Waals surface area contributed by atoms with Crippen LogP contribution in [0.15, 0.2) is 104 Å². The molecule has 2 aromatic carbocycles. The number of benzene rings is 2. The number of nitrogens with zero attached hydrogens (tertiary/aromatic N) is 3. The first-order valence-corrected chi connectivity index (χ1v) is 12.6. The Morgan fingerprint density at radius 3 is 2.62 bits per heavy atom. The van der Waals surface area contributed by atoms with Crippen LogP contribution in [-0.4, -0.2) is 33.3 Å². The van der Waals surface area contributed by atoms with Crippen LogP contribution >= 0.6 is 23.4 Å². The average Bonchev–Trinajstić information content (AvgIpc) is 3.65. The molecule has 2 aromatic heterocycles. The van der Waals surface area contributed by atoms with Crippen molar-refractivity contribution in [2.24, 2.45) is 10.2 Å². The number of furan rings is 2. The molecule has 186 valence electrons. The molecular formula is C27H21ClN4O4S. The van der Waals surface area contributed by atoms with Gasteiger partial charge in [-0.2, -0.15) is 5.10 Å². The number of nitrogens with one attached hydrogen (secondary N) is 1. The Kier molecular flexibility index (Phi) is 7.53. The van der Waals surface area contributed by atoms with Gasteiger partial charge in [-0.05, 0) is 48.5 Å². The van der Waals surface area contributed by atoms with Gasteiger partial charge in [-0.3, -0.25) is 14.5 Å². The first-order valence-electron chi connectivity index (χ1n) is 11.4. The largest absolute Gasteiger partial charge is 0.467 e.